The molecule has 19 heavy (non-hydrogen) atoms. The van der Waals surface area contributed by atoms with Crippen LogP contribution < -0.4 is 0 Å². The van der Waals surface area contributed by atoms with E-state index in [1.165, 1.54) is 13.8 Å². The number of unbranched alkanes of at least 4 members (excludes halogenated alkanes) is 2. The van der Waals surface area contributed by atoms with Gasteiger partial charge in [-0.1, -0.05) is 26.2 Å². The number of carbonyl (C=O) groups excluding carboxylic acids is 2. The first-order valence-electron chi connectivity index (χ1n) is 7.03. The first-order valence-corrected chi connectivity index (χ1v) is 7.03. The van der Waals surface area contributed by atoms with Crippen molar-refractivity contribution in [3.63, 3.8) is 0 Å². The van der Waals surface area contributed by atoms with Crippen molar-refractivity contribution in [2.75, 3.05) is 0 Å². The minimum Gasteiger partial charge on any atom is -0.386 e. The van der Waals surface area contributed by atoms with Crippen LogP contribution in [-0.4, -0.2) is 33.5 Å². The average molecular weight is 270 g/mol. The smallest absolute Gasteiger partial charge is 0.177 e. The Hall–Kier alpha value is -0.740. The van der Waals surface area contributed by atoms with Crippen LogP contribution in [-0.2, 0) is 9.59 Å². The minimum atomic E-state index is -1.66. The molecule has 2 atom stereocenters. The number of ketones is 2. The van der Waals surface area contributed by atoms with Gasteiger partial charge in [0.25, 0.3) is 0 Å². The summed E-state index contributed by atoms with van der Waals surface area (Å²) in [5.74, 6) is -0.870. The summed E-state index contributed by atoms with van der Waals surface area (Å²) in [5, 5.41) is 21.0. The zero-order valence-corrected chi connectivity index (χ0v) is 12.6. The molecule has 0 radical (unpaired) electrons. The zero-order chi connectivity index (χ0) is 15.1. The van der Waals surface area contributed by atoms with E-state index in [2.05, 4.69) is 0 Å². The maximum absolute atomic E-state index is 12.5. The predicted molar refractivity (Wildman–Crippen MR) is 72.7 cm³/mol. The van der Waals surface area contributed by atoms with E-state index in [0.29, 0.717) is 6.42 Å². The summed E-state index contributed by atoms with van der Waals surface area (Å²) in [6.07, 6.45) is 1.33. The molecule has 2 N–H and O–H groups in total. The standard InChI is InChI=1S/C15H26O4/c1-6-7-8-9-15(19)11(17)10(16)13(2,3)12(18)14(15,4)5/h11,17,19H,6-9H2,1-5H3/t11?,15-/m0/s1. The molecule has 1 unspecified atom stereocenters. The molecule has 0 aromatic heterocycles. The number of Topliss-reactive ketones (excluding diaryl/α,β-unsaturated/α-hetero) is 2. The van der Waals surface area contributed by atoms with E-state index in [1.54, 1.807) is 13.8 Å². The van der Waals surface area contributed by atoms with Gasteiger partial charge < -0.3 is 10.2 Å². The summed E-state index contributed by atoms with van der Waals surface area (Å²) in [6.45, 7) is 8.33. The fraction of sp³-hybridized carbons (Fsp3) is 0.867. The number of rotatable bonds is 4. The van der Waals surface area contributed by atoms with Crippen molar-refractivity contribution in [3.05, 3.63) is 0 Å². The van der Waals surface area contributed by atoms with E-state index in [9.17, 15) is 19.8 Å². The summed E-state index contributed by atoms with van der Waals surface area (Å²) in [6, 6.07) is 0. The zero-order valence-electron chi connectivity index (χ0n) is 12.6. The Kier molecular flexibility index (Phi) is 4.28. The third-order valence-electron chi connectivity index (χ3n) is 4.70. The highest BCUT2D eigenvalue weighted by molar-refractivity contribution is 6.13. The van der Waals surface area contributed by atoms with Crippen LogP contribution in [0.2, 0.25) is 0 Å². The van der Waals surface area contributed by atoms with Crippen LogP contribution in [0.4, 0.5) is 0 Å². The highest BCUT2D eigenvalue weighted by Crippen LogP contribution is 2.49. The Bertz CT molecular complexity index is 384. The van der Waals surface area contributed by atoms with Crippen molar-refractivity contribution in [1.82, 2.24) is 0 Å². The molecule has 0 aromatic rings. The van der Waals surface area contributed by atoms with E-state index >= 15 is 0 Å². The molecule has 0 amide bonds. The molecule has 1 saturated carbocycles. The molecule has 1 aliphatic rings. The van der Waals surface area contributed by atoms with Gasteiger partial charge in [-0.05, 0) is 34.1 Å². The molecule has 0 heterocycles. The van der Waals surface area contributed by atoms with Crippen LogP contribution in [0.1, 0.15) is 60.3 Å². The summed E-state index contributed by atoms with van der Waals surface area (Å²) >= 11 is 0. The maximum Gasteiger partial charge on any atom is 0.177 e. The third-order valence-corrected chi connectivity index (χ3v) is 4.70. The van der Waals surface area contributed by atoms with Crippen LogP contribution in [0.15, 0.2) is 0 Å². The number of hydrogen-bond donors (Lipinski definition) is 2. The lowest BCUT2D eigenvalue weighted by Gasteiger charge is -2.52. The Morgan fingerprint density at radius 1 is 1.11 bits per heavy atom. The first-order chi connectivity index (χ1) is 8.53. The van der Waals surface area contributed by atoms with Crippen molar-refractivity contribution < 1.29 is 19.8 Å². The quantitative estimate of drug-likeness (QED) is 0.604. The summed E-state index contributed by atoms with van der Waals surface area (Å²) in [4.78, 5) is 24.6. The summed E-state index contributed by atoms with van der Waals surface area (Å²) in [5.41, 5.74) is -4.02. The van der Waals surface area contributed by atoms with E-state index < -0.39 is 28.3 Å². The number of hydrogen-bond acceptors (Lipinski definition) is 4. The summed E-state index contributed by atoms with van der Waals surface area (Å²) < 4.78 is 0. The SMILES string of the molecule is CCCCC[C@]1(O)C(O)C(=O)C(C)(C)C(=O)C1(C)C. The van der Waals surface area contributed by atoms with Gasteiger partial charge in [-0.3, -0.25) is 9.59 Å². The third kappa shape index (κ3) is 2.25. The summed E-state index contributed by atoms with van der Waals surface area (Å²) in [7, 11) is 0. The molecule has 110 valence electrons. The molecule has 1 rings (SSSR count). The molecular formula is C15H26O4. The van der Waals surface area contributed by atoms with Crippen LogP contribution in [0.5, 0.6) is 0 Å². The average Bonchev–Trinajstić information content (AvgIpc) is 2.34. The van der Waals surface area contributed by atoms with Crippen LogP contribution in [0.25, 0.3) is 0 Å². The molecule has 4 heteroatoms. The molecule has 0 saturated heterocycles. The lowest BCUT2D eigenvalue weighted by molar-refractivity contribution is -0.199. The van der Waals surface area contributed by atoms with Crippen LogP contribution in [0.3, 0.4) is 0 Å². The fourth-order valence-corrected chi connectivity index (χ4v) is 3.08. The highest BCUT2D eigenvalue weighted by Gasteiger charge is 2.65. The molecule has 0 spiro atoms. The van der Waals surface area contributed by atoms with Crippen LogP contribution in [0, 0.1) is 10.8 Å². The monoisotopic (exact) mass is 270 g/mol. The number of carbonyl (C=O) groups is 2. The second kappa shape index (κ2) is 4.98. The van der Waals surface area contributed by atoms with Gasteiger partial charge in [-0.15, -0.1) is 0 Å². The van der Waals surface area contributed by atoms with E-state index in [4.69, 9.17) is 0 Å². The second-order valence-electron chi connectivity index (χ2n) is 6.73. The normalized spacial score (nSPS) is 33.5. The van der Waals surface area contributed by atoms with Gasteiger partial charge >= 0.3 is 0 Å². The molecule has 0 aliphatic heterocycles. The van der Waals surface area contributed by atoms with Crippen molar-refractivity contribution in [3.8, 4) is 0 Å². The maximum atomic E-state index is 12.5. The Labute approximate surface area is 115 Å². The van der Waals surface area contributed by atoms with Gasteiger partial charge in [0.05, 0.1) is 10.8 Å². The molecule has 4 nitrogen and oxygen atoms in total. The van der Waals surface area contributed by atoms with Gasteiger partial charge in [0.15, 0.2) is 11.6 Å². The van der Waals surface area contributed by atoms with Gasteiger partial charge in [0, 0.05) is 0 Å². The largest absolute Gasteiger partial charge is 0.386 e. The lowest BCUT2D eigenvalue weighted by Crippen LogP contribution is -2.69. The molecule has 0 aromatic carbocycles. The van der Waals surface area contributed by atoms with Gasteiger partial charge in [0.1, 0.15) is 11.7 Å². The fourth-order valence-electron chi connectivity index (χ4n) is 3.08. The number of aliphatic hydroxyl groups is 2. The van der Waals surface area contributed by atoms with E-state index in [-0.39, 0.29) is 12.2 Å². The lowest BCUT2D eigenvalue weighted by atomic mass is 9.53. The Balaban J connectivity index is 3.16. The topological polar surface area (TPSA) is 74.6 Å². The van der Waals surface area contributed by atoms with Crippen LogP contribution >= 0.6 is 0 Å². The second-order valence-corrected chi connectivity index (χ2v) is 6.73. The van der Waals surface area contributed by atoms with Gasteiger partial charge in [0.2, 0.25) is 0 Å². The van der Waals surface area contributed by atoms with E-state index in [1.807, 2.05) is 6.92 Å². The van der Waals surface area contributed by atoms with Gasteiger partial charge in [-0.25, -0.2) is 0 Å². The molecule has 1 fully saturated rings. The minimum absolute atomic E-state index is 0.266. The highest BCUT2D eigenvalue weighted by atomic mass is 16.4. The number of aliphatic hydroxyl groups excluding tert-OH is 1. The van der Waals surface area contributed by atoms with Gasteiger partial charge in [-0.2, -0.15) is 0 Å². The Morgan fingerprint density at radius 2 is 1.63 bits per heavy atom. The molecule has 1 aliphatic carbocycles. The first kappa shape index (κ1) is 16.3. The molecular weight excluding hydrogens is 244 g/mol. The molecule has 0 bridgehead atoms. The van der Waals surface area contributed by atoms with Crippen molar-refractivity contribution >= 4 is 11.6 Å². The predicted octanol–water partition coefficient (Wildman–Crippen LogP) is 1.86. The van der Waals surface area contributed by atoms with E-state index in [0.717, 1.165) is 12.8 Å². The van der Waals surface area contributed by atoms with Crippen molar-refractivity contribution in [1.29, 1.82) is 0 Å². The van der Waals surface area contributed by atoms with Crippen molar-refractivity contribution in [2.45, 2.75) is 72.0 Å². The van der Waals surface area contributed by atoms with Crippen molar-refractivity contribution in [2.24, 2.45) is 10.8 Å². The Morgan fingerprint density at radius 3 is 2.11 bits per heavy atom.